The Morgan fingerprint density at radius 3 is 2.83 bits per heavy atom. The molecule has 0 saturated heterocycles. The molecule has 1 unspecified atom stereocenters. The van der Waals surface area contributed by atoms with Crippen molar-refractivity contribution in [3.05, 3.63) is 34.4 Å². The van der Waals surface area contributed by atoms with Crippen LogP contribution in [-0.4, -0.2) is 17.1 Å². The molecule has 2 N–H and O–H groups in total. The number of nitriles is 1. The van der Waals surface area contributed by atoms with Crippen molar-refractivity contribution in [2.24, 2.45) is 5.73 Å². The van der Waals surface area contributed by atoms with Crippen molar-refractivity contribution in [3.63, 3.8) is 0 Å². The smallest absolute Gasteiger partial charge is 0.310 e. The van der Waals surface area contributed by atoms with Gasteiger partial charge in [-0.2, -0.15) is 5.26 Å². The predicted molar refractivity (Wildman–Crippen MR) is 66.0 cm³/mol. The number of nitro benzene ring substituents is 1. The van der Waals surface area contributed by atoms with E-state index < -0.39 is 10.5 Å². The molecule has 1 aromatic rings. The van der Waals surface area contributed by atoms with Gasteiger partial charge < -0.3 is 10.5 Å². The van der Waals surface area contributed by atoms with Crippen molar-refractivity contribution in [2.75, 3.05) is 6.61 Å². The number of ether oxygens (including phenoxy) is 1. The lowest BCUT2D eigenvalue weighted by molar-refractivity contribution is -0.385. The van der Waals surface area contributed by atoms with E-state index >= 15 is 0 Å². The molecular weight excluding hydrogens is 234 g/mol. The molecule has 1 rings (SSSR count). The van der Waals surface area contributed by atoms with Gasteiger partial charge in [0.05, 0.1) is 17.6 Å². The van der Waals surface area contributed by atoms with Crippen LogP contribution in [0.4, 0.5) is 5.69 Å². The molecule has 0 amide bonds. The first-order chi connectivity index (χ1) is 8.46. The number of rotatable bonds is 6. The van der Waals surface area contributed by atoms with E-state index in [1.165, 1.54) is 6.07 Å². The van der Waals surface area contributed by atoms with E-state index in [0.717, 1.165) is 0 Å². The van der Waals surface area contributed by atoms with Crippen molar-refractivity contribution < 1.29 is 9.66 Å². The summed E-state index contributed by atoms with van der Waals surface area (Å²) in [7, 11) is 0. The van der Waals surface area contributed by atoms with E-state index in [-0.39, 0.29) is 11.4 Å². The first kappa shape index (κ1) is 13.9. The molecule has 6 heteroatoms. The second-order valence-electron chi connectivity index (χ2n) is 4.21. The number of nitro groups is 1. The zero-order valence-corrected chi connectivity index (χ0v) is 10.1. The van der Waals surface area contributed by atoms with Crippen LogP contribution in [0.2, 0.25) is 0 Å². The lowest BCUT2D eigenvalue weighted by Crippen LogP contribution is -2.34. The summed E-state index contributed by atoms with van der Waals surface area (Å²) in [6.07, 6.45) is 1.04. The number of nitrogens with zero attached hydrogens (tertiary/aromatic N) is 2. The monoisotopic (exact) mass is 249 g/mol. The maximum atomic E-state index is 10.7. The van der Waals surface area contributed by atoms with E-state index in [2.05, 4.69) is 0 Å². The average Bonchev–Trinajstić information content (AvgIpc) is 2.35. The average molecular weight is 249 g/mol. The van der Waals surface area contributed by atoms with Crippen LogP contribution >= 0.6 is 0 Å². The molecule has 18 heavy (non-hydrogen) atoms. The van der Waals surface area contributed by atoms with Gasteiger partial charge in [0.1, 0.15) is 5.54 Å². The molecule has 0 aliphatic heterocycles. The summed E-state index contributed by atoms with van der Waals surface area (Å²) >= 11 is 0. The highest BCUT2D eigenvalue weighted by atomic mass is 16.6. The fourth-order valence-corrected chi connectivity index (χ4v) is 1.41. The van der Waals surface area contributed by atoms with Gasteiger partial charge in [0.25, 0.3) is 0 Å². The molecule has 0 aliphatic carbocycles. The SMILES string of the molecule is CC(N)(C#N)CCCOc1ccccc1[N+](=O)[O-]. The van der Waals surface area contributed by atoms with E-state index in [1.807, 2.05) is 6.07 Å². The van der Waals surface area contributed by atoms with Crippen molar-refractivity contribution in [1.82, 2.24) is 0 Å². The summed E-state index contributed by atoms with van der Waals surface area (Å²) in [6, 6.07) is 8.17. The zero-order valence-electron chi connectivity index (χ0n) is 10.1. The molecule has 1 aromatic carbocycles. The highest BCUT2D eigenvalue weighted by Gasteiger charge is 2.17. The van der Waals surface area contributed by atoms with Gasteiger partial charge in [-0.15, -0.1) is 0 Å². The van der Waals surface area contributed by atoms with Gasteiger partial charge in [-0.3, -0.25) is 10.1 Å². The summed E-state index contributed by atoms with van der Waals surface area (Å²) in [5, 5.41) is 19.4. The van der Waals surface area contributed by atoms with E-state index in [4.69, 9.17) is 15.7 Å². The molecule has 0 heterocycles. The van der Waals surface area contributed by atoms with E-state index in [0.29, 0.717) is 19.4 Å². The van der Waals surface area contributed by atoms with Gasteiger partial charge in [-0.05, 0) is 25.8 Å². The van der Waals surface area contributed by atoms with Crippen LogP contribution in [0.1, 0.15) is 19.8 Å². The first-order valence-electron chi connectivity index (χ1n) is 5.52. The Kier molecular flexibility index (Phi) is 4.63. The lowest BCUT2D eigenvalue weighted by atomic mass is 10.00. The van der Waals surface area contributed by atoms with Crippen molar-refractivity contribution in [2.45, 2.75) is 25.3 Å². The largest absolute Gasteiger partial charge is 0.487 e. The molecular formula is C12H15N3O3. The Hall–Kier alpha value is -2.13. The van der Waals surface area contributed by atoms with Gasteiger partial charge in [-0.25, -0.2) is 0 Å². The molecule has 1 atom stereocenters. The summed E-state index contributed by atoms with van der Waals surface area (Å²) in [5.41, 5.74) is 4.70. The second kappa shape index (κ2) is 5.98. The first-order valence-corrected chi connectivity index (χ1v) is 5.52. The molecule has 0 saturated carbocycles. The third kappa shape index (κ3) is 4.03. The van der Waals surface area contributed by atoms with Crippen LogP contribution in [0, 0.1) is 21.4 Å². The number of nitrogens with two attached hydrogens (primary N) is 1. The van der Waals surface area contributed by atoms with E-state index in [1.54, 1.807) is 25.1 Å². The van der Waals surface area contributed by atoms with Gasteiger partial charge in [-0.1, -0.05) is 12.1 Å². The molecule has 0 aromatic heterocycles. The fraction of sp³-hybridized carbons (Fsp3) is 0.417. The number of benzene rings is 1. The van der Waals surface area contributed by atoms with E-state index in [9.17, 15) is 10.1 Å². The van der Waals surface area contributed by atoms with Crippen LogP contribution in [0.15, 0.2) is 24.3 Å². The molecule has 96 valence electrons. The number of hydrogen-bond acceptors (Lipinski definition) is 5. The minimum absolute atomic E-state index is 0.0618. The molecule has 0 fully saturated rings. The Balaban J connectivity index is 2.50. The number of para-hydroxylation sites is 2. The summed E-state index contributed by atoms with van der Waals surface area (Å²) < 4.78 is 5.33. The third-order valence-electron chi connectivity index (χ3n) is 2.42. The second-order valence-corrected chi connectivity index (χ2v) is 4.21. The molecule has 0 spiro atoms. The summed E-state index contributed by atoms with van der Waals surface area (Å²) in [5.74, 6) is 0.234. The third-order valence-corrected chi connectivity index (χ3v) is 2.42. The predicted octanol–water partition coefficient (Wildman–Crippen LogP) is 1.99. The number of hydrogen-bond donors (Lipinski definition) is 1. The Labute approximate surface area is 105 Å². The van der Waals surface area contributed by atoms with Gasteiger partial charge in [0.15, 0.2) is 5.75 Å². The summed E-state index contributed by atoms with van der Waals surface area (Å²) in [4.78, 5) is 10.2. The van der Waals surface area contributed by atoms with Crippen LogP contribution in [0.25, 0.3) is 0 Å². The molecule has 0 aliphatic rings. The highest BCUT2D eigenvalue weighted by Crippen LogP contribution is 2.26. The topological polar surface area (TPSA) is 102 Å². The maximum Gasteiger partial charge on any atom is 0.310 e. The Morgan fingerprint density at radius 2 is 2.22 bits per heavy atom. The van der Waals surface area contributed by atoms with Crippen LogP contribution in [0.5, 0.6) is 5.75 Å². The van der Waals surface area contributed by atoms with Crippen LogP contribution in [-0.2, 0) is 0 Å². The van der Waals surface area contributed by atoms with Crippen molar-refractivity contribution in [3.8, 4) is 11.8 Å². The normalized spacial score (nSPS) is 13.4. The van der Waals surface area contributed by atoms with Gasteiger partial charge in [0.2, 0.25) is 0 Å². The standard InChI is InChI=1S/C12H15N3O3/c1-12(14,9-13)7-4-8-18-11-6-3-2-5-10(11)15(16)17/h2-3,5-6H,4,7-8,14H2,1H3. The lowest BCUT2D eigenvalue weighted by Gasteiger charge is -2.14. The minimum Gasteiger partial charge on any atom is -0.487 e. The Morgan fingerprint density at radius 1 is 1.56 bits per heavy atom. The molecule has 0 radical (unpaired) electrons. The molecule has 6 nitrogen and oxygen atoms in total. The van der Waals surface area contributed by atoms with Crippen molar-refractivity contribution in [1.29, 1.82) is 5.26 Å². The molecule has 0 bridgehead atoms. The fourth-order valence-electron chi connectivity index (χ4n) is 1.41. The quantitative estimate of drug-likeness (QED) is 0.472. The highest BCUT2D eigenvalue weighted by molar-refractivity contribution is 5.45. The maximum absolute atomic E-state index is 10.7. The van der Waals surface area contributed by atoms with Gasteiger partial charge in [0, 0.05) is 6.07 Å². The Bertz CT molecular complexity index is 466. The van der Waals surface area contributed by atoms with Crippen LogP contribution in [0.3, 0.4) is 0 Å². The van der Waals surface area contributed by atoms with Gasteiger partial charge >= 0.3 is 5.69 Å². The van der Waals surface area contributed by atoms with Crippen molar-refractivity contribution >= 4 is 5.69 Å². The van der Waals surface area contributed by atoms with Crippen LogP contribution < -0.4 is 10.5 Å². The summed E-state index contributed by atoms with van der Waals surface area (Å²) in [6.45, 7) is 1.93. The minimum atomic E-state index is -0.883. The zero-order chi connectivity index (χ0) is 13.6.